The molecular weight excluding hydrogens is 277 g/mol. The number of nitrogens with zero attached hydrogens (tertiary/aromatic N) is 1. The fourth-order valence-corrected chi connectivity index (χ4v) is 2.70. The molecule has 0 aromatic heterocycles. The monoisotopic (exact) mass is 300 g/mol. The van der Waals surface area contributed by atoms with Crippen molar-refractivity contribution in [2.75, 3.05) is 11.9 Å². The molecule has 21 heavy (non-hydrogen) atoms. The van der Waals surface area contributed by atoms with E-state index in [1.54, 1.807) is 19.1 Å². The summed E-state index contributed by atoms with van der Waals surface area (Å²) < 4.78 is 39.8. The summed E-state index contributed by atoms with van der Waals surface area (Å²) in [6.07, 6.45) is -1.78. The SMILES string of the molecule is CC(N)Cc1ccc(N(C)C(C)C2CC2)cc1C(F)(F)F. The zero-order valence-corrected chi connectivity index (χ0v) is 12.7. The molecule has 5 heteroatoms. The number of hydrogen-bond donors (Lipinski definition) is 1. The quantitative estimate of drug-likeness (QED) is 0.895. The maximum Gasteiger partial charge on any atom is 0.416 e. The number of hydrogen-bond acceptors (Lipinski definition) is 2. The van der Waals surface area contributed by atoms with Gasteiger partial charge in [0.15, 0.2) is 0 Å². The van der Waals surface area contributed by atoms with E-state index >= 15 is 0 Å². The Hall–Kier alpha value is -1.23. The van der Waals surface area contributed by atoms with E-state index in [2.05, 4.69) is 6.92 Å². The Kier molecular flexibility index (Phi) is 4.51. The van der Waals surface area contributed by atoms with E-state index in [0.717, 1.165) is 0 Å². The van der Waals surface area contributed by atoms with Crippen LogP contribution >= 0.6 is 0 Å². The first-order valence-corrected chi connectivity index (χ1v) is 7.38. The molecule has 0 spiro atoms. The predicted octanol–water partition coefficient (Wildman–Crippen LogP) is 3.83. The number of nitrogens with two attached hydrogens (primary N) is 1. The molecule has 2 atom stereocenters. The van der Waals surface area contributed by atoms with Gasteiger partial charge in [-0.25, -0.2) is 0 Å². The van der Waals surface area contributed by atoms with Crippen molar-refractivity contribution in [1.82, 2.24) is 0 Å². The zero-order chi connectivity index (χ0) is 15.8. The molecule has 2 unspecified atom stereocenters. The molecule has 1 aliphatic carbocycles. The maximum atomic E-state index is 13.3. The molecule has 0 heterocycles. The summed E-state index contributed by atoms with van der Waals surface area (Å²) in [4.78, 5) is 1.95. The standard InChI is InChI=1S/C16H23F3N2/c1-10(20)8-13-6-7-14(9-15(13)16(17,18)19)21(3)11(2)12-4-5-12/h6-7,9-12H,4-5,8,20H2,1-3H3. The number of rotatable bonds is 5. The molecule has 0 aliphatic heterocycles. The highest BCUT2D eigenvalue weighted by molar-refractivity contribution is 5.52. The van der Waals surface area contributed by atoms with Crippen molar-refractivity contribution in [1.29, 1.82) is 0 Å². The summed E-state index contributed by atoms with van der Waals surface area (Å²) in [5, 5.41) is 0. The van der Waals surface area contributed by atoms with Crippen molar-refractivity contribution in [3.8, 4) is 0 Å². The van der Waals surface area contributed by atoms with Gasteiger partial charge in [-0.3, -0.25) is 0 Å². The van der Waals surface area contributed by atoms with Crippen molar-refractivity contribution < 1.29 is 13.2 Å². The molecule has 0 bridgehead atoms. The van der Waals surface area contributed by atoms with E-state index in [-0.39, 0.29) is 24.1 Å². The largest absolute Gasteiger partial charge is 0.416 e. The first-order chi connectivity index (χ1) is 9.70. The molecule has 1 aromatic rings. The summed E-state index contributed by atoms with van der Waals surface area (Å²) >= 11 is 0. The average molecular weight is 300 g/mol. The van der Waals surface area contributed by atoms with Gasteiger partial charge in [-0.2, -0.15) is 13.2 Å². The Labute approximate surface area is 124 Å². The highest BCUT2D eigenvalue weighted by Crippen LogP contribution is 2.39. The molecule has 1 aliphatic rings. The third-order valence-electron chi connectivity index (χ3n) is 4.26. The molecule has 2 N–H and O–H groups in total. The van der Waals surface area contributed by atoms with E-state index in [1.807, 2.05) is 11.9 Å². The van der Waals surface area contributed by atoms with Crippen molar-refractivity contribution in [3.05, 3.63) is 29.3 Å². The molecule has 118 valence electrons. The van der Waals surface area contributed by atoms with Gasteiger partial charge in [-0.05, 0) is 56.7 Å². The van der Waals surface area contributed by atoms with Gasteiger partial charge in [0.25, 0.3) is 0 Å². The Morgan fingerprint density at radius 2 is 1.90 bits per heavy atom. The smallest absolute Gasteiger partial charge is 0.372 e. The minimum absolute atomic E-state index is 0.233. The van der Waals surface area contributed by atoms with E-state index < -0.39 is 11.7 Å². The first-order valence-electron chi connectivity index (χ1n) is 7.38. The average Bonchev–Trinajstić information content (AvgIpc) is 3.19. The highest BCUT2D eigenvalue weighted by Gasteiger charge is 2.35. The van der Waals surface area contributed by atoms with Gasteiger partial charge < -0.3 is 10.6 Å². The second-order valence-electron chi connectivity index (χ2n) is 6.21. The molecule has 1 aromatic carbocycles. The van der Waals surface area contributed by atoms with Gasteiger partial charge in [-0.1, -0.05) is 6.07 Å². The molecule has 1 fully saturated rings. The van der Waals surface area contributed by atoms with Crippen molar-refractivity contribution in [3.63, 3.8) is 0 Å². The van der Waals surface area contributed by atoms with Crippen molar-refractivity contribution in [2.45, 2.75) is 51.4 Å². The lowest BCUT2D eigenvalue weighted by Crippen LogP contribution is -2.31. The summed E-state index contributed by atoms with van der Waals surface area (Å²) in [5.74, 6) is 0.605. The second-order valence-corrected chi connectivity index (χ2v) is 6.21. The molecule has 0 radical (unpaired) electrons. The van der Waals surface area contributed by atoms with Crippen LogP contribution in [0.25, 0.3) is 0 Å². The topological polar surface area (TPSA) is 29.3 Å². The van der Waals surface area contributed by atoms with Crippen LogP contribution in [0.3, 0.4) is 0 Å². The van der Waals surface area contributed by atoms with Gasteiger partial charge in [0.2, 0.25) is 0 Å². The normalized spacial score (nSPS) is 18.4. The van der Waals surface area contributed by atoms with Crippen LogP contribution in [0.1, 0.15) is 37.8 Å². The Balaban J connectivity index is 2.32. The van der Waals surface area contributed by atoms with Gasteiger partial charge in [0.1, 0.15) is 0 Å². The molecule has 2 rings (SSSR count). The fraction of sp³-hybridized carbons (Fsp3) is 0.625. The zero-order valence-electron chi connectivity index (χ0n) is 12.7. The van der Waals surface area contributed by atoms with Crippen LogP contribution in [-0.4, -0.2) is 19.1 Å². The van der Waals surface area contributed by atoms with Crippen LogP contribution in [0, 0.1) is 5.92 Å². The molecule has 0 saturated heterocycles. The van der Waals surface area contributed by atoms with Gasteiger partial charge in [-0.15, -0.1) is 0 Å². The van der Waals surface area contributed by atoms with Crippen LogP contribution in [-0.2, 0) is 12.6 Å². The summed E-state index contributed by atoms with van der Waals surface area (Å²) in [6.45, 7) is 3.79. The molecular formula is C16H23F3N2. The first kappa shape index (κ1) is 16.1. The number of anilines is 1. The van der Waals surface area contributed by atoms with Crippen LogP contribution in [0.5, 0.6) is 0 Å². The van der Waals surface area contributed by atoms with Crippen molar-refractivity contribution in [2.24, 2.45) is 11.7 Å². The predicted molar refractivity (Wildman–Crippen MR) is 79.4 cm³/mol. The van der Waals surface area contributed by atoms with Crippen molar-refractivity contribution >= 4 is 5.69 Å². The summed E-state index contributed by atoms with van der Waals surface area (Å²) in [6, 6.07) is 4.57. The van der Waals surface area contributed by atoms with Gasteiger partial charge in [0.05, 0.1) is 5.56 Å². The lowest BCUT2D eigenvalue weighted by atomic mass is 9.99. The van der Waals surface area contributed by atoms with Crippen LogP contribution < -0.4 is 10.6 Å². The molecule has 0 amide bonds. The van der Waals surface area contributed by atoms with Gasteiger partial charge in [0, 0.05) is 24.8 Å². The third kappa shape index (κ3) is 3.90. The second kappa shape index (κ2) is 5.87. The Bertz CT molecular complexity index is 493. The van der Waals surface area contributed by atoms with Gasteiger partial charge >= 0.3 is 6.18 Å². The van der Waals surface area contributed by atoms with E-state index in [9.17, 15) is 13.2 Å². The minimum atomic E-state index is -4.34. The third-order valence-corrected chi connectivity index (χ3v) is 4.26. The lowest BCUT2D eigenvalue weighted by Gasteiger charge is -2.28. The summed E-state index contributed by atoms with van der Waals surface area (Å²) in [7, 11) is 1.86. The maximum absolute atomic E-state index is 13.3. The Morgan fingerprint density at radius 1 is 1.29 bits per heavy atom. The fourth-order valence-electron chi connectivity index (χ4n) is 2.70. The number of halogens is 3. The summed E-state index contributed by atoms with van der Waals surface area (Å²) in [5.41, 5.74) is 5.98. The Morgan fingerprint density at radius 3 is 2.38 bits per heavy atom. The number of benzene rings is 1. The number of alkyl halides is 3. The lowest BCUT2D eigenvalue weighted by molar-refractivity contribution is -0.138. The van der Waals surface area contributed by atoms with E-state index in [1.165, 1.54) is 18.9 Å². The van der Waals surface area contributed by atoms with Crippen LogP contribution in [0.15, 0.2) is 18.2 Å². The van der Waals surface area contributed by atoms with E-state index in [4.69, 9.17) is 5.73 Å². The molecule has 1 saturated carbocycles. The van der Waals surface area contributed by atoms with E-state index in [0.29, 0.717) is 11.6 Å². The van der Waals surface area contributed by atoms with Crippen LogP contribution in [0.4, 0.5) is 18.9 Å². The highest BCUT2D eigenvalue weighted by atomic mass is 19.4. The molecule has 2 nitrogen and oxygen atoms in total. The van der Waals surface area contributed by atoms with Crippen LogP contribution in [0.2, 0.25) is 0 Å². The minimum Gasteiger partial charge on any atom is -0.372 e.